The first-order valence-corrected chi connectivity index (χ1v) is 6.54. The molecule has 0 bridgehead atoms. The second-order valence-corrected chi connectivity index (χ2v) is 5.23. The molecule has 15 heavy (non-hydrogen) atoms. The average Bonchev–Trinajstić information content (AvgIpc) is 2.94. The third-order valence-electron chi connectivity index (χ3n) is 2.29. The van der Waals surface area contributed by atoms with E-state index >= 15 is 0 Å². The lowest BCUT2D eigenvalue weighted by Crippen LogP contribution is -2.47. The van der Waals surface area contributed by atoms with Crippen LogP contribution in [0.5, 0.6) is 0 Å². The first-order valence-electron chi connectivity index (χ1n) is 5.06. The number of rotatable bonds is 7. The van der Waals surface area contributed by atoms with Crippen LogP contribution in [0.15, 0.2) is 0 Å². The van der Waals surface area contributed by atoms with Crippen LogP contribution < -0.4 is 15.2 Å². The summed E-state index contributed by atoms with van der Waals surface area (Å²) in [5.74, 6) is 0.443. The fourth-order valence-corrected chi connectivity index (χ4v) is 2.56. The maximum atomic E-state index is 11.4. The van der Waals surface area contributed by atoms with E-state index in [-0.39, 0.29) is 18.4 Å². The van der Waals surface area contributed by atoms with E-state index in [0.29, 0.717) is 19.0 Å². The standard InChI is InChI=1S/C8H19N3O2S.ClH/c1-2-5-10-14(12,13)11-8(6-9)7-3-4-7;/h7-8,10-11H,2-6,9H2,1H3;1H. The lowest BCUT2D eigenvalue weighted by Gasteiger charge is -2.16. The van der Waals surface area contributed by atoms with E-state index < -0.39 is 10.2 Å². The third kappa shape index (κ3) is 5.67. The number of nitrogens with one attached hydrogen (secondary N) is 2. The van der Waals surface area contributed by atoms with Gasteiger partial charge in [0.25, 0.3) is 10.2 Å². The van der Waals surface area contributed by atoms with Crippen LogP contribution in [-0.2, 0) is 10.2 Å². The van der Waals surface area contributed by atoms with Gasteiger partial charge in [0.1, 0.15) is 0 Å². The van der Waals surface area contributed by atoms with Gasteiger partial charge in [-0.1, -0.05) is 6.92 Å². The molecule has 1 saturated carbocycles. The van der Waals surface area contributed by atoms with E-state index in [0.717, 1.165) is 19.3 Å². The molecular weight excluding hydrogens is 238 g/mol. The number of halogens is 1. The van der Waals surface area contributed by atoms with Crippen LogP contribution in [0.4, 0.5) is 0 Å². The zero-order valence-corrected chi connectivity index (χ0v) is 10.5. The van der Waals surface area contributed by atoms with Crippen molar-refractivity contribution < 1.29 is 8.42 Å². The molecule has 92 valence electrons. The Morgan fingerprint density at radius 3 is 2.47 bits per heavy atom. The highest BCUT2D eigenvalue weighted by Gasteiger charge is 2.32. The molecule has 1 aliphatic carbocycles. The second-order valence-electron chi connectivity index (χ2n) is 3.70. The molecule has 1 fully saturated rings. The van der Waals surface area contributed by atoms with Gasteiger partial charge in [0.05, 0.1) is 0 Å². The summed E-state index contributed by atoms with van der Waals surface area (Å²) in [7, 11) is -3.34. The number of nitrogens with two attached hydrogens (primary N) is 1. The van der Waals surface area contributed by atoms with Gasteiger partial charge in [0, 0.05) is 19.1 Å². The predicted octanol–water partition coefficient (Wildman–Crippen LogP) is -0.0205. The van der Waals surface area contributed by atoms with Gasteiger partial charge in [0.15, 0.2) is 0 Å². The van der Waals surface area contributed by atoms with Gasteiger partial charge >= 0.3 is 0 Å². The van der Waals surface area contributed by atoms with Crippen LogP contribution in [0.2, 0.25) is 0 Å². The molecular formula is C8H20ClN3O2S. The summed E-state index contributed by atoms with van der Waals surface area (Å²) in [6.07, 6.45) is 2.95. The third-order valence-corrected chi connectivity index (χ3v) is 3.49. The smallest absolute Gasteiger partial charge is 0.277 e. The van der Waals surface area contributed by atoms with Crippen molar-refractivity contribution in [2.45, 2.75) is 32.2 Å². The minimum absolute atomic E-state index is 0. The van der Waals surface area contributed by atoms with Crippen LogP contribution >= 0.6 is 12.4 Å². The zero-order valence-electron chi connectivity index (χ0n) is 8.90. The van der Waals surface area contributed by atoms with Gasteiger partial charge in [0.2, 0.25) is 0 Å². The Hall–Kier alpha value is 0.120. The molecule has 0 amide bonds. The molecule has 5 nitrogen and oxygen atoms in total. The summed E-state index contributed by atoms with van der Waals surface area (Å²) >= 11 is 0. The molecule has 0 aliphatic heterocycles. The van der Waals surface area contributed by atoms with Crippen LogP contribution in [0.25, 0.3) is 0 Å². The Labute approximate surface area is 97.8 Å². The number of hydrogen-bond acceptors (Lipinski definition) is 3. The van der Waals surface area contributed by atoms with Crippen LogP contribution in [0.3, 0.4) is 0 Å². The van der Waals surface area contributed by atoms with Crippen LogP contribution in [0, 0.1) is 5.92 Å². The van der Waals surface area contributed by atoms with Crippen molar-refractivity contribution in [2.75, 3.05) is 13.1 Å². The molecule has 0 aromatic heterocycles. The van der Waals surface area contributed by atoms with Crippen molar-refractivity contribution in [1.82, 2.24) is 9.44 Å². The summed E-state index contributed by atoms with van der Waals surface area (Å²) in [4.78, 5) is 0. The molecule has 1 atom stereocenters. The topological polar surface area (TPSA) is 84.2 Å². The SMILES string of the molecule is CCCNS(=O)(=O)NC(CN)C1CC1.Cl. The fourth-order valence-electron chi connectivity index (χ4n) is 1.31. The molecule has 0 spiro atoms. The van der Waals surface area contributed by atoms with Gasteiger partial charge in [-0.05, 0) is 25.2 Å². The largest absolute Gasteiger partial charge is 0.329 e. The second kappa shape index (κ2) is 6.65. The summed E-state index contributed by atoms with van der Waals surface area (Å²) in [5, 5.41) is 0. The molecule has 4 N–H and O–H groups in total. The highest BCUT2D eigenvalue weighted by molar-refractivity contribution is 7.87. The number of hydrogen-bond donors (Lipinski definition) is 3. The van der Waals surface area contributed by atoms with E-state index in [1.807, 2.05) is 6.92 Å². The average molecular weight is 258 g/mol. The lowest BCUT2D eigenvalue weighted by atomic mass is 10.2. The maximum Gasteiger partial charge on any atom is 0.277 e. The molecule has 1 unspecified atom stereocenters. The molecule has 0 radical (unpaired) electrons. The highest BCUT2D eigenvalue weighted by atomic mass is 35.5. The molecule has 1 rings (SSSR count). The maximum absolute atomic E-state index is 11.4. The van der Waals surface area contributed by atoms with E-state index in [1.165, 1.54) is 0 Å². The van der Waals surface area contributed by atoms with Crippen molar-refractivity contribution in [3.05, 3.63) is 0 Å². The van der Waals surface area contributed by atoms with Gasteiger partial charge in [-0.3, -0.25) is 0 Å². The van der Waals surface area contributed by atoms with Crippen molar-refractivity contribution >= 4 is 22.6 Å². The van der Waals surface area contributed by atoms with Crippen molar-refractivity contribution in [3.8, 4) is 0 Å². The molecule has 7 heteroatoms. The van der Waals surface area contributed by atoms with Gasteiger partial charge in [-0.25, -0.2) is 4.72 Å². The van der Waals surface area contributed by atoms with Crippen LogP contribution in [-0.4, -0.2) is 27.5 Å². The summed E-state index contributed by atoms with van der Waals surface area (Å²) in [6.45, 7) is 2.76. The van der Waals surface area contributed by atoms with Crippen molar-refractivity contribution in [1.29, 1.82) is 0 Å². The Morgan fingerprint density at radius 2 is 2.07 bits per heavy atom. The van der Waals surface area contributed by atoms with Gasteiger partial charge < -0.3 is 5.73 Å². The Morgan fingerprint density at radius 1 is 1.47 bits per heavy atom. The first kappa shape index (κ1) is 15.1. The van der Waals surface area contributed by atoms with E-state index in [2.05, 4.69) is 9.44 Å². The Balaban J connectivity index is 0.00000196. The Bertz CT molecular complexity index is 267. The quantitative estimate of drug-likeness (QED) is 0.599. The van der Waals surface area contributed by atoms with Gasteiger partial charge in [-0.15, -0.1) is 12.4 Å². The molecule has 0 aromatic carbocycles. The van der Waals surface area contributed by atoms with E-state index in [9.17, 15) is 8.42 Å². The predicted molar refractivity (Wildman–Crippen MR) is 63.2 cm³/mol. The molecule has 0 aromatic rings. The molecule has 0 saturated heterocycles. The van der Waals surface area contributed by atoms with Crippen molar-refractivity contribution in [3.63, 3.8) is 0 Å². The minimum Gasteiger partial charge on any atom is -0.329 e. The zero-order chi connectivity index (χ0) is 10.6. The lowest BCUT2D eigenvalue weighted by molar-refractivity contribution is 0.510. The fraction of sp³-hybridized carbons (Fsp3) is 1.00. The van der Waals surface area contributed by atoms with Crippen molar-refractivity contribution in [2.24, 2.45) is 11.7 Å². The summed E-state index contributed by atoms with van der Waals surface area (Å²) in [6, 6.07) is -0.0932. The van der Waals surface area contributed by atoms with E-state index in [1.54, 1.807) is 0 Å². The van der Waals surface area contributed by atoms with Gasteiger partial charge in [-0.2, -0.15) is 13.1 Å². The normalized spacial score (nSPS) is 18.3. The first-order chi connectivity index (χ1) is 6.59. The summed E-state index contributed by atoms with van der Waals surface area (Å²) in [5.41, 5.74) is 5.49. The highest BCUT2D eigenvalue weighted by Crippen LogP contribution is 2.32. The summed E-state index contributed by atoms with van der Waals surface area (Å²) < 4.78 is 27.9. The Kier molecular flexibility index (Phi) is 6.70. The monoisotopic (exact) mass is 257 g/mol. The molecule has 1 aliphatic rings. The minimum atomic E-state index is -3.34. The van der Waals surface area contributed by atoms with Crippen LogP contribution in [0.1, 0.15) is 26.2 Å². The molecule has 0 heterocycles. The van der Waals surface area contributed by atoms with E-state index in [4.69, 9.17) is 5.73 Å².